The standard InChI is InChI=1S/C17H20N2O5S2/c1-24-15-5-3-13(4-6-15)12-18-26(22,23)16-7-8-17-14(11-16)9-10-19(17)25(2,20)21/h3-8,11,18H,9-10,12H2,1-2H3. The lowest BCUT2D eigenvalue weighted by Crippen LogP contribution is -2.27. The van der Waals surface area contributed by atoms with Crippen molar-refractivity contribution in [1.82, 2.24) is 4.72 Å². The van der Waals surface area contributed by atoms with Crippen molar-refractivity contribution in [3.05, 3.63) is 53.6 Å². The average molecular weight is 396 g/mol. The van der Waals surface area contributed by atoms with Crippen molar-refractivity contribution < 1.29 is 21.6 Å². The SMILES string of the molecule is COc1ccc(CNS(=O)(=O)c2ccc3c(c2)CCN3S(C)(=O)=O)cc1. The Kier molecular flexibility index (Phi) is 4.96. The lowest BCUT2D eigenvalue weighted by molar-refractivity contribution is 0.414. The van der Waals surface area contributed by atoms with Crippen molar-refractivity contribution in [1.29, 1.82) is 0 Å². The number of benzene rings is 2. The second-order valence-electron chi connectivity index (χ2n) is 6.05. The van der Waals surface area contributed by atoms with Gasteiger partial charge in [0.05, 0.1) is 23.9 Å². The molecule has 0 amide bonds. The minimum Gasteiger partial charge on any atom is -0.497 e. The van der Waals surface area contributed by atoms with E-state index >= 15 is 0 Å². The van der Waals surface area contributed by atoms with Crippen LogP contribution in [0, 0.1) is 0 Å². The van der Waals surface area contributed by atoms with Crippen LogP contribution in [-0.4, -0.2) is 36.7 Å². The number of fused-ring (bicyclic) bond motifs is 1. The predicted octanol–water partition coefficient (Wildman–Crippen LogP) is 1.50. The van der Waals surface area contributed by atoms with E-state index in [-0.39, 0.29) is 11.4 Å². The number of anilines is 1. The van der Waals surface area contributed by atoms with Crippen LogP contribution in [0.4, 0.5) is 5.69 Å². The molecule has 2 aromatic carbocycles. The largest absolute Gasteiger partial charge is 0.497 e. The predicted molar refractivity (Wildman–Crippen MR) is 99.4 cm³/mol. The first-order chi connectivity index (χ1) is 12.2. The Morgan fingerprint density at radius 2 is 1.77 bits per heavy atom. The molecule has 1 aliphatic rings. The Hall–Kier alpha value is -2.10. The zero-order chi connectivity index (χ0) is 18.9. The van der Waals surface area contributed by atoms with Crippen molar-refractivity contribution in [2.75, 3.05) is 24.2 Å². The van der Waals surface area contributed by atoms with Crippen molar-refractivity contribution in [3.8, 4) is 5.75 Å². The van der Waals surface area contributed by atoms with Crippen LogP contribution in [0.1, 0.15) is 11.1 Å². The van der Waals surface area contributed by atoms with Crippen LogP contribution < -0.4 is 13.8 Å². The number of sulfonamides is 2. The third-order valence-corrected chi connectivity index (χ3v) is 6.82. The number of hydrogen-bond acceptors (Lipinski definition) is 5. The zero-order valence-electron chi connectivity index (χ0n) is 14.5. The summed E-state index contributed by atoms with van der Waals surface area (Å²) < 4.78 is 57.5. The van der Waals surface area contributed by atoms with Gasteiger partial charge in [-0.05, 0) is 47.9 Å². The summed E-state index contributed by atoms with van der Waals surface area (Å²) in [6, 6.07) is 11.6. The molecule has 7 nitrogen and oxygen atoms in total. The van der Waals surface area contributed by atoms with Crippen LogP contribution in [0.2, 0.25) is 0 Å². The minimum atomic E-state index is -3.70. The molecular formula is C17H20N2O5S2. The van der Waals surface area contributed by atoms with Gasteiger partial charge in [-0.2, -0.15) is 0 Å². The summed E-state index contributed by atoms with van der Waals surface area (Å²) in [5.41, 5.74) is 2.06. The molecule has 140 valence electrons. The number of nitrogens with one attached hydrogen (secondary N) is 1. The summed E-state index contributed by atoms with van der Waals surface area (Å²) in [6.07, 6.45) is 1.63. The molecule has 1 heterocycles. The fraction of sp³-hybridized carbons (Fsp3) is 0.294. The van der Waals surface area contributed by atoms with Gasteiger partial charge in [0, 0.05) is 13.1 Å². The quantitative estimate of drug-likeness (QED) is 0.799. The monoisotopic (exact) mass is 396 g/mol. The van der Waals surface area contributed by atoms with E-state index in [1.807, 2.05) is 0 Å². The number of hydrogen-bond donors (Lipinski definition) is 1. The number of ether oxygens (including phenoxy) is 1. The van der Waals surface area contributed by atoms with E-state index in [9.17, 15) is 16.8 Å². The molecule has 2 aromatic rings. The summed E-state index contributed by atoms with van der Waals surface area (Å²) in [5.74, 6) is 0.700. The topological polar surface area (TPSA) is 92.8 Å². The molecule has 0 aliphatic carbocycles. The molecule has 0 radical (unpaired) electrons. The Morgan fingerprint density at radius 3 is 2.38 bits per heavy atom. The maximum Gasteiger partial charge on any atom is 0.240 e. The summed E-state index contributed by atoms with van der Waals surface area (Å²) in [4.78, 5) is 0.125. The smallest absolute Gasteiger partial charge is 0.240 e. The first-order valence-corrected chi connectivity index (χ1v) is 11.3. The lowest BCUT2D eigenvalue weighted by Gasteiger charge is -2.16. The van der Waals surface area contributed by atoms with Gasteiger partial charge >= 0.3 is 0 Å². The number of methoxy groups -OCH3 is 1. The molecule has 26 heavy (non-hydrogen) atoms. The highest BCUT2D eigenvalue weighted by molar-refractivity contribution is 7.92. The molecule has 3 rings (SSSR count). The Balaban J connectivity index is 1.77. The van der Waals surface area contributed by atoms with Gasteiger partial charge in [-0.15, -0.1) is 0 Å². The van der Waals surface area contributed by atoms with E-state index in [4.69, 9.17) is 4.74 Å². The Labute approximate surface area is 153 Å². The van der Waals surface area contributed by atoms with Crippen LogP contribution in [0.5, 0.6) is 5.75 Å². The third-order valence-electron chi connectivity index (χ3n) is 4.24. The van der Waals surface area contributed by atoms with E-state index in [2.05, 4.69) is 4.72 Å². The molecule has 1 aliphatic heterocycles. The fourth-order valence-corrected chi connectivity index (χ4v) is 4.89. The van der Waals surface area contributed by atoms with Crippen molar-refractivity contribution in [2.45, 2.75) is 17.9 Å². The number of rotatable bonds is 6. The van der Waals surface area contributed by atoms with Gasteiger partial charge in [0.1, 0.15) is 5.75 Å². The molecule has 0 atom stereocenters. The highest BCUT2D eigenvalue weighted by Gasteiger charge is 2.27. The molecule has 0 saturated heterocycles. The molecule has 0 fully saturated rings. The fourth-order valence-electron chi connectivity index (χ4n) is 2.86. The molecule has 0 unspecified atom stereocenters. The van der Waals surface area contributed by atoms with Gasteiger partial charge in [0.25, 0.3) is 0 Å². The van der Waals surface area contributed by atoms with Crippen molar-refractivity contribution >= 4 is 25.7 Å². The van der Waals surface area contributed by atoms with Crippen molar-refractivity contribution in [3.63, 3.8) is 0 Å². The van der Waals surface area contributed by atoms with Gasteiger partial charge in [-0.1, -0.05) is 12.1 Å². The first kappa shape index (κ1) is 18.7. The highest BCUT2D eigenvalue weighted by Crippen LogP contribution is 2.31. The summed E-state index contributed by atoms with van der Waals surface area (Å²) in [6.45, 7) is 0.482. The van der Waals surface area contributed by atoms with E-state index < -0.39 is 20.0 Å². The van der Waals surface area contributed by atoms with Crippen molar-refractivity contribution in [2.24, 2.45) is 0 Å². The van der Waals surface area contributed by atoms with Gasteiger partial charge in [0.15, 0.2) is 0 Å². The first-order valence-electron chi connectivity index (χ1n) is 7.94. The van der Waals surface area contributed by atoms with Crippen LogP contribution in [0.15, 0.2) is 47.4 Å². The second-order valence-corrected chi connectivity index (χ2v) is 9.72. The van der Waals surface area contributed by atoms with E-state index in [1.165, 1.54) is 16.4 Å². The molecule has 0 aromatic heterocycles. The second kappa shape index (κ2) is 6.90. The summed E-state index contributed by atoms with van der Waals surface area (Å²) >= 11 is 0. The van der Waals surface area contributed by atoms with Gasteiger partial charge in [-0.3, -0.25) is 4.31 Å². The van der Waals surface area contributed by atoms with E-state index in [0.717, 1.165) is 11.8 Å². The molecule has 0 spiro atoms. The molecular weight excluding hydrogens is 376 g/mol. The zero-order valence-corrected chi connectivity index (χ0v) is 16.1. The number of nitrogens with zero attached hydrogens (tertiary/aromatic N) is 1. The van der Waals surface area contributed by atoms with E-state index in [1.54, 1.807) is 37.4 Å². The van der Waals surface area contributed by atoms with Gasteiger partial charge in [0.2, 0.25) is 20.0 Å². The summed E-state index contributed by atoms with van der Waals surface area (Å²) in [5, 5.41) is 0. The highest BCUT2D eigenvalue weighted by atomic mass is 32.2. The lowest BCUT2D eigenvalue weighted by atomic mass is 10.2. The molecule has 1 N–H and O–H groups in total. The van der Waals surface area contributed by atoms with Crippen LogP contribution >= 0.6 is 0 Å². The van der Waals surface area contributed by atoms with Gasteiger partial charge < -0.3 is 4.74 Å². The molecule has 9 heteroatoms. The minimum absolute atomic E-state index is 0.125. The van der Waals surface area contributed by atoms with Gasteiger partial charge in [-0.25, -0.2) is 21.6 Å². The van der Waals surface area contributed by atoms with E-state index in [0.29, 0.717) is 30.0 Å². The molecule has 0 bridgehead atoms. The molecule has 0 saturated carbocycles. The Morgan fingerprint density at radius 1 is 1.08 bits per heavy atom. The maximum atomic E-state index is 12.5. The summed E-state index contributed by atoms with van der Waals surface area (Å²) in [7, 11) is -5.49. The maximum absolute atomic E-state index is 12.5. The van der Waals surface area contributed by atoms with Crippen LogP contribution in [0.25, 0.3) is 0 Å². The van der Waals surface area contributed by atoms with Crippen LogP contribution in [-0.2, 0) is 33.0 Å². The normalized spacial score (nSPS) is 14.3. The Bertz CT molecular complexity index is 1020. The third kappa shape index (κ3) is 3.84. The average Bonchev–Trinajstić information content (AvgIpc) is 3.04. The van der Waals surface area contributed by atoms with Crippen LogP contribution in [0.3, 0.4) is 0 Å².